The fourth-order valence-electron chi connectivity index (χ4n) is 1.70. The molecule has 2 heteroatoms. The van der Waals surface area contributed by atoms with Crippen LogP contribution in [0.2, 0.25) is 0 Å². The Hall–Kier alpha value is -0.721. The maximum absolute atomic E-state index is 2.33. The maximum atomic E-state index is 2.33. The average molecular weight is 252 g/mol. The van der Waals surface area contributed by atoms with Crippen LogP contribution < -0.4 is 4.90 Å². The summed E-state index contributed by atoms with van der Waals surface area (Å²) >= 11 is 0.574. The van der Waals surface area contributed by atoms with Crippen LogP contribution in [0.3, 0.4) is 0 Å². The van der Waals surface area contributed by atoms with Crippen molar-refractivity contribution in [2.24, 2.45) is 0 Å². The molecule has 0 bridgehead atoms. The van der Waals surface area contributed by atoms with Crippen LogP contribution in [0.1, 0.15) is 10.0 Å². The van der Waals surface area contributed by atoms with Crippen molar-refractivity contribution >= 4 is 29.8 Å². The van der Waals surface area contributed by atoms with Gasteiger partial charge in [-0.3, -0.25) is 0 Å². The Kier molecular flexibility index (Phi) is 2.42. The van der Waals surface area contributed by atoms with Gasteiger partial charge in [-0.25, -0.2) is 0 Å². The van der Waals surface area contributed by atoms with Crippen LogP contribution in [0.4, 0.5) is 5.69 Å². The number of benzene rings is 1. The van der Waals surface area contributed by atoms with E-state index in [2.05, 4.69) is 51.0 Å². The number of nitrogens with zero attached hydrogens (tertiary/aromatic N) is 1. The van der Waals surface area contributed by atoms with E-state index in [-0.39, 0.29) is 0 Å². The molecule has 1 aromatic heterocycles. The molecule has 0 amide bonds. The topological polar surface area (TPSA) is 3.24 Å². The van der Waals surface area contributed by atoms with Gasteiger partial charge in [0.25, 0.3) is 0 Å². The quantitative estimate of drug-likeness (QED) is 0.705. The van der Waals surface area contributed by atoms with Crippen molar-refractivity contribution in [3.63, 3.8) is 0 Å². The van der Waals surface area contributed by atoms with Crippen LogP contribution in [0.25, 0.3) is 9.65 Å². The molecule has 1 heterocycles. The van der Waals surface area contributed by atoms with E-state index in [1.54, 1.807) is 4.26 Å². The zero-order valence-corrected chi connectivity index (χ0v) is 10.8. The molecule has 2 rings (SSSR count). The molecule has 0 atom stereocenters. The molecule has 0 unspecified atom stereocenters. The van der Waals surface area contributed by atoms with Crippen molar-refractivity contribution in [3.8, 4) is 0 Å². The fourth-order valence-corrected chi connectivity index (χ4v) is 3.72. The summed E-state index contributed by atoms with van der Waals surface area (Å²) in [5.74, 6) is 0. The van der Waals surface area contributed by atoms with Crippen LogP contribution in [0, 0.1) is 13.8 Å². The third kappa shape index (κ3) is 1.60. The van der Waals surface area contributed by atoms with Gasteiger partial charge < -0.3 is 0 Å². The van der Waals surface area contributed by atoms with Crippen LogP contribution in [0.15, 0.2) is 18.2 Å². The molecule has 0 saturated carbocycles. The summed E-state index contributed by atoms with van der Waals surface area (Å²) < 4.78 is 3.10. The summed E-state index contributed by atoms with van der Waals surface area (Å²) in [5.41, 5.74) is 2.75. The zero-order valence-electron chi connectivity index (χ0n) is 9.09. The van der Waals surface area contributed by atoms with E-state index >= 15 is 0 Å². The number of fused-ring (bicyclic) bond motifs is 1. The standard InChI is InChI=1S/C12H15NSe/c1-8-5-11(13(3)4)7-10-6-9(2)14-12(8)10/h5-7H,1-4H3. The van der Waals surface area contributed by atoms with Crippen molar-refractivity contribution in [1.82, 2.24) is 0 Å². The molecule has 0 aliphatic rings. The number of anilines is 1. The Morgan fingerprint density at radius 1 is 1.07 bits per heavy atom. The molecule has 0 aliphatic carbocycles. The molecule has 0 radical (unpaired) electrons. The monoisotopic (exact) mass is 253 g/mol. The van der Waals surface area contributed by atoms with E-state index in [9.17, 15) is 0 Å². The molecule has 14 heavy (non-hydrogen) atoms. The van der Waals surface area contributed by atoms with Gasteiger partial charge in [-0.1, -0.05) is 0 Å². The van der Waals surface area contributed by atoms with E-state index < -0.39 is 0 Å². The first-order chi connectivity index (χ1) is 6.58. The Morgan fingerprint density at radius 3 is 2.43 bits per heavy atom. The zero-order chi connectivity index (χ0) is 10.3. The van der Waals surface area contributed by atoms with Crippen LogP contribution in [0.5, 0.6) is 0 Å². The van der Waals surface area contributed by atoms with Gasteiger partial charge >= 0.3 is 90.9 Å². The molecule has 0 spiro atoms. The summed E-state index contributed by atoms with van der Waals surface area (Å²) in [7, 11) is 4.19. The molecule has 0 N–H and O–H groups in total. The van der Waals surface area contributed by atoms with Crippen molar-refractivity contribution in [2.45, 2.75) is 13.8 Å². The molecule has 2 aromatic rings. The van der Waals surface area contributed by atoms with Crippen molar-refractivity contribution in [2.75, 3.05) is 19.0 Å². The third-order valence-corrected chi connectivity index (χ3v) is 4.95. The van der Waals surface area contributed by atoms with Gasteiger partial charge in [0, 0.05) is 0 Å². The molecule has 1 aromatic carbocycles. The SMILES string of the molecule is Cc1cc2cc(N(C)C)cc(C)c2[se]1. The minimum atomic E-state index is 0.574. The van der Waals surface area contributed by atoms with Gasteiger partial charge in [0.1, 0.15) is 0 Å². The first-order valence-electron chi connectivity index (χ1n) is 4.76. The van der Waals surface area contributed by atoms with E-state index in [1.807, 2.05) is 0 Å². The van der Waals surface area contributed by atoms with Crippen molar-refractivity contribution < 1.29 is 0 Å². The van der Waals surface area contributed by atoms with Crippen molar-refractivity contribution in [3.05, 3.63) is 28.2 Å². The second-order valence-electron chi connectivity index (χ2n) is 3.93. The average Bonchev–Trinajstić information content (AvgIpc) is 2.45. The molecule has 0 fully saturated rings. The van der Waals surface area contributed by atoms with E-state index in [0.29, 0.717) is 14.5 Å². The second-order valence-corrected chi connectivity index (χ2v) is 6.57. The Balaban J connectivity index is 2.71. The van der Waals surface area contributed by atoms with Crippen molar-refractivity contribution in [1.29, 1.82) is 0 Å². The first-order valence-corrected chi connectivity index (χ1v) is 6.47. The summed E-state index contributed by atoms with van der Waals surface area (Å²) in [6, 6.07) is 6.91. The van der Waals surface area contributed by atoms with Crippen LogP contribution in [-0.2, 0) is 0 Å². The van der Waals surface area contributed by atoms with E-state index in [1.165, 1.54) is 21.1 Å². The van der Waals surface area contributed by atoms with E-state index in [4.69, 9.17) is 0 Å². The Bertz CT molecular complexity index is 468. The van der Waals surface area contributed by atoms with Gasteiger partial charge in [0.05, 0.1) is 0 Å². The predicted molar refractivity (Wildman–Crippen MR) is 64.7 cm³/mol. The summed E-state index contributed by atoms with van der Waals surface area (Å²) in [5, 5.41) is 1.44. The number of hydrogen-bond donors (Lipinski definition) is 0. The minimum absolute atomic E-state index is 0.574. The number of aryl methyl sites for hydroxylation is 2. The van der Waals surface area contributed by atoms with Gasteiger partial charge in [0.15, 0.2) is 0 Å². The Labute approximate surface area is 91.1 Å². The van der Waals surface area contributed by atoms with Crippen LogP contribution >= 0.6 is 0 Å². The summed E-state index contributed by atoms with van der Waals surface area (Å²) in [6.45, 7) is 4.45. The van der Waals surface area contributed by atoms with Gasteiger partial charge in [-0.2, -0.15) is 0 Å². The molecule has 74 valence electrons. The third-order valence-electron chi connectivity index (χ3n) is 2.43. The van der Waals surface area contributed by atoms with Gasteiger partial charge in [0.2, 0.25) is 0 Å². The summed E-state index contributed by atoms with van der Waals surface area (Å²) in [4.78, 5) is 2.17. The first kappa shape index (κ1) is 9.82. The Morgan fingerprint density at radius 2 is 1.79 bits per heavy atom. The second kappa shape index (κ2) is 3.45. The molecule has 1 nitrogen and oxygen atoms in total. The fraction of sp³-hybridized carbons (Fsp3) is 0.333. The summed E-state index contributed by atoms with van der Waals surface area (Å²) in [6.07, 6.45) is 0. The predicted octanol–water partition coefficient (Wildman–Crippen LogP) is 2.58. The number of hydrogen-bond acceptors (Lipinski definition) is 1. The molecule has 0 saturated heterocycles. The molecule has 0 aliphatic heterocycles. The molecular formula is C12H15NSe. The van der Waals surface area contributed by atoms with E-state index in [0.717, 1.165) is 0 Å². The van der Waals surface area contributed by atoms with Gasteiger partial charge in [-0.15, -0.1) is 0 Å². The number of rotatable bonds is 1. The normalized spacial score (nSPS) is 10.9. The van der Waals surface area contributed by atoms with Gasteiger partial charge in [-0.05, 0) is 0 Å². The molecular weight excluding hydrogens is 237 g/mol. The van der Waals surface area contributed by atoms with Crippen LogP contribution in [-0.4, -0.2) is 28.6 Å².